The van der Waals surface area contributed by atoms with Gasteiger partial charge in [-0.1, -0.05) is 13.3 Å². The van der Waals surface area contributed by atoms with E-state index < -0.39 is 10.0 Å². The van der Waals surface area contributed by atoms with Crippen molar-refractivity contribution >= 4 is 16.0 Å². The molecule has 2 atom stereocenters. The average molecular weight is 345 g/mol. The number of aliphatic imine (C=N–C) groups is 1. The maximum Gasteiger partial charge on any atom is 0.213 e. The summed E-state index contributed by atoms with van der Waals surface area (Å²) in [4.78, 5) is 4.54. The summed E-state index contributed by atoms with van der Waals surface area (Å²) in [6.45, 7) is 7.94. The molecular formula is C16H32N4O2S. The van der Waals surface area contributed by atoms with Gasteiger partial charge >= 0.3 is 0 Å². The predicted molar refractivity (Wildman–Crippen MR) is 95.1 cm³/mol. The first-order chi connectivity index (χ1) is 11.0. The summed E-state index contributed by atoms with van der Waals surface area (Å²) >= 11 is 0. The van der Waals surface area contributed by atoms with E-state index in [2.05, 4.69) is 22.5 Å². The van der Waals surface area contributed by atoms with Crippen molar-refractivity contribution in [3.05, 3.63) is 0 Å². The number of hydrogen-bond acceptors (Lipinski definition) is 3. The minimum absolute atomic E-state index is 0.190. The van der Waals surface area contributed by atoms with E-state index in [9.17, 15) is 8.42 Å². The lowest BCUT2D eigenvalue weighted by atomic mass is 10.1. The molecule has 2 fully saturated rings. The molecule has 0 aromatic heterocycles. The van der Waals surface area contributed by atoms with Crippen LogP contribution in [-0.2, 0) is 10.0 Å². The highest BCUT2D eigenvalue weighted by Gasteiger charge is 2.37. The van der Waals surface area contributed by atoms with E-state index in [-0.39, 0.29) is 5.75 Å². The number of nitrogens with zero attached hydrogens (tertiary/aromatic N) is 2. The molecule has 1 aliphatic heterocycles. The van der Waals surface area contributed by atoms with Gasteiger partial charge in [0.25, 0.3) is 0 Å². The molecule has 0 bridgehead atoms. The molecule has 0 amide bonds. The van der Waals surface area contributed by atoms with E-state index >= 15 is 0 Å². The van der Waals surface area contributed by atoms with Gasteiger partial charge in [-0.15, -0.1) is 0 Å². The predicted octanol–water partition coefficient (Wildman–Crippen LogP) is 1.54. The Kier molecular flexibility index (Phi) is 6.71. The molecule has 0 radical (unpaired) electrons. The van der Waals surface area contributed by atoms with Gasteiger partial charge in [-0.05, 0) is 45.4 Å². The monoisotopic (exact) mass is 344 g/mol. The fourth-order valence-electron chi connectivity index (χ4n) is 3.24. The van der Waals surface area contributed by atoms with Gasteiger partial charge in [0.2, 0.25) is 10.0 Å². The molecule has 6 nitrogen and oxygen atoms in total. The SMILES string of the molecule is CCCC1CC1NC(=NCC)NC1CCN(S(=O)(=O)CC)CC1. The van der Waals surface area contributed by atoms with Crippen LogP contribution in [0.3, 0.4) is 0 Å². The van der Waals surface area contributed by atoms with Gasteiger partial charge in [0.15, 0.2) is 5.96 Å². The van der Waals surface area contributed by atoms with Gasteiger partial charge in [0, 0.05) is 31.7 Å². The van der Waals surface area contributed by atoms with Crippen molar-refractivity contribution < 1.29 is 8.42 Å². The van der Waals surface area contributed by atoms with Crippen LogP contribution in [0, 0.1) is 5.92 Å². The highest BCUT2D eigenvalue weighted by Crippen LogP contribution is 2.34. The second-order valence-electron chi connectivity index (χ2n) is 6.58. The first-order valence-corrected chi connectivity index (χ1v) is 10.7. The molecule has 2 rings (SSSR count). The lowest BCUT2D eigenvalue weighted by Gasteiger charge is -2.32. The number of sulfonamides is 1. The fourth-order valence-corrected chi connectivity index (χ4v) is 4.37. The molecule has 0 aromatic rings. The molecule has 1 saturated heterocycles. The summed E-state index contributed by atoms with van der Waals surface area (Å²) in [5, 5.41) is 7.03. The zero-order chi connectivity index (χ0) is 16.9. The normalized spacial score (nSPS) is 27.0. The van der Waals surface area contributed by atoms with E-state index in [1.165, 1.54) is 19.3 Å². The molecule has 2 unspecified atom stereocenters. The molecule has 134 valence electrons. The van der Waals surface area contributed by atoms with Crippen LogP contribution in [0.2, 0.25) is 0 Å². The van der Waals surface area contributed by atoms with E-state index in [0.29, 0.717) is 25.2 Å². The molecule has 23 heavy (non-hydrogen) atoms. The van der Waals surface area contributed by atoms with Crippen molar-refractivity contribution in [1.82, 2.24) is 14.9 Å². The molecule has 0 spiro atoms. The third kappa shape index (κ3) is 5.35. The summed E-state index contributed by atoms with van der Waals surface area (Å²) in [5.41, 5.74) is 0. The number of rotatable bonds is 7. The second kappa shape index (κ2) is 8.33. The highest BCUT2D eigenvalue weighted by molar-refractivity contribution is 7.89. The van der Waals surface area contributed by atoms with Crippen molar-refractivity contribution in [2.75, 3.05) is 25.4 Å². The van der Waals surface area contributed by atoms with Gasteiger partial charge in [-0.2, -0.15) is 0 Å². The molecule has 7 heteroatoms. The molecule has 2 N–H and O–H groups in total. The smallest absolute Gasteiger partial charge is 0.213 e. The van der Waals surface area contributed by atoms with Crippen LogP contribution < -0.4 is 10.6 Å². The van der Waals surface area contributed by atoms with Crippen LogP contribution in [-0.4, -0.2) is 56.2 Å². The molecule has 0 aromatic carbocycles. The molecule has 2 aliphatic rings. The van der Waals surface area contributed by atoms with Crippen molar-refractivity contribution in [3.8, 4) is 0 Å². The Hall–Kier alpha value is -0.820. The van der Waals surface area contributed by atoms with Crippen molar-refractivity contribution in [3.63, 3.8) is 0 Å². The van der Waals surface area contributed by atoms with Gasteiger partial charge in [-0.3, -0.25) is 4.99 Å². The Labute approximate surface area is 141 Å². The lowest BCUT2D eigenvalue weighted by molar-refractivity contribution is 0.306. The molecule has 1 heterocycles. The number of guanidine groups is 1. The Morgan fingerprint density at radius 3 is 2.43 bits per heavy atom. The Morgan fingerprint density at radius 1 is 1.17 bits per heavy atom. The third-order valence-electron chi connectivity index (χ3n) is 4.77. The number of nitrogens with one attached hydrogen (secondary N) is 2. The lowest BCUT2D eigenvalue weighted by Crippen LogP contribution is -2.50. The summed E-state index contributed by atoms with van der Waals surface area (Å²) in [6, 6.07) is 0.868. The maximum absolute atomic E-state index is 11.9. The van der Waals surface area contributed by atoms with E-state index in [0.717, 1.165) is 31.3 Å². The van der Waals surface area contributed by atoms with Gasteiger partial charge in [-0.25, -0.2) is 12.7 Å². The summed E-state index contributed by atoms with van der Waals surface area (Å²) in [7, 11) is -3.05. The standard InChI is InChI=1S/C16H32N4O2S/c1-4-7-13-12-15(13)19-16(17-5-2)18-14-8-10-20(11-9-14)23(21,22)6-3/h13-15H,4-12H2,1-3H3,(H2,17,18,19). The van der Waals surface area contributed by atoms with E-state index in [4.69, 9.17) is 0 Å². The largest absolute Gasteiger partial charge is 0.354 e. The second-order valence-corrected chi connectivity index (χ2v) is 8.83. The van der Waals surface area contributed by atoms with E-state index in [1.807, 2.05) is 6.92 Å². The minimum Gasteiger partial charge on any atom is -0.354 e. The Bertz CT molecular complexity index is 498. The average Bonchev–Trinajstić information content (AvgIpc) is 3.26. The van der Waals surface area contributed by atoms with Crippen molar-refractivity contribution in [2.45, 2.75) is 65.0 Å². The first kappa shape index (κ1) is 18.5. The van der Waals surface area contributed by atoms with Crippen LogP contribution in [0.15, 0.2) is 4.99 Å². The van der Waals surface area contributed by atoms with Crippen LogP contribution in [0.4, 0.5) is 0 Å². The summed E-state index contributed by atoms with van der Waals surface area (Å²) < 4.78 is 25.4. The minimum atomic E-state index is -3.05. The van der Waals surface area contributed by atoms with Crippen LogP contribution in [0.5, 0.6) is 0 Å². The Balaban J connectivity index is 1.80. The maximum atomic E-state index is 11.9. The fraction of sp³-hybridized carbons (Fsp3) is 0.938. The van der Waals surface area contributed by atoms with Gasteiger partial charge in [0.05, 0.1) is 5.75 Å². The van der Waals surface area contributed by atoms with Crippen LogP contribution >= 0.6 is 0 Å². The quantitative estimate of drug-likeness (QED) is 0.543. The van der Waals surface area contributed by atoms with Gasteiger partial charge in [0.1, 0.15) is 0 Å². The third-order valence-corrected chi connectivity index (χ3v) is 6.65. The molecule has 1 aliphatic carbocycles. The summed E-state index contributed by atoms with van der Waals surface area (Å²) in [6.07, 6.45) is 5.44. The molecule has 1 saturated carbocycles. The molecular weight excluding hydrogens is 312 g/mol. The highest BCUT2D eigenvalue weighted by atomic mass is 32.2. The topological polar surface area (TPSA) is 73.8 Å². The summed E-state index contributed by atoms with van der Waals surface area (Å²) in [5.74, 6) is 1.88. The van der Waals surface area contributed by atoms with Crippen molar-refractivity contribution in [2.24, 2.45) is 10.9 Å². The van der Waals surface area contributed by atoms with Gasteiger partial charge < -0.3 is 10.6 Å². The Morgan fingerprint density at radius 2 is 1.87 bits per heavy atom. The first-order valence-electron chi connectivity index (χ1n) is 9.05. The zero-order valence-electron chi connectivity index (χ0n) is 14.7. The number of piperidine rings is 1. The zero-order valence-corrected chi connectivity index (χ0v) is 15.5. The van der Waals surface area contributed by atoms with Crippen LogP contribution in [0.25, 0.3) is 0 Å². The number of hydrogen-bond donors (Lipinski definition) is 2. The van der Waals surface area contributed by atoms with Crippen molar-refractivity contribution in [1.29, 1.82) is 0 Å². The van der Waals surface area contributed by atoms with Crippen LogP contribution in [0.1, 0.15) is 52.9 Å². The van der Waals surface area contributed by atoms with E-state index in [1.54, 1.807) is 11.2 Å².